The van der Waals surface area contributed by atoms with E-state index in [1.807, 2.05) is 42.5 Å². The van der Waals surface area contributed by atoms with Crippen molar-refractivity contribution in [3.8, 4) is 0 Å². The van der Waals surface area contributed by atoms with Gasteiger partial charge in [0.15, 0.2) is 0 Å². The molecule has 0 saturated heterocycles. The van der Waals surface area contributed by atoms with Gasteiger partial charge >= 0.3 is 0 Å². The summed E-state index contributed by atoms with van der Waals surface area (Å²) in [5.41, 5.74) is 1.80. The van der Waals surface area contributed by atoms with Crippen LogP contribution in [0.25, 0.3) is 0 Å². The normalized spacial score (nSPS) is 12.6. The van der Waals surface area contributed by atoms with Crippen LogP contribution < -0.4 is 5.32 Å². The molecular weight excluding hydrogens is 410 g/mol. The molecule has 1 N–H and O–H groups in total. The maximum Gasteiger partial charge on any atom is 0.253 e. The Balaban J connectivity index is 1.99. The maximum absolute atomic E-state index is 13.1. The molecule has 0 fully saturated rings. The van der Waals surface area contributed by atoms with Crippen molar-refractivity contribution in [2.45, 2.75) is 10.9 Å². The zero-order valence-electron chi connectivity index (χ0n) is 15.9. The Kier molecular flexibility index (Phi) is 6.32. The lowest BCUT2D eigenvalue weighted by atomic mass is 9.99. The second-order valence-electron chi connectivity index (χ2n) is 6.53. The number of aromatic nitrogens is 1. The van der Waals surface area contributed by atoms with E-state index >= 15 is 0 Å². The van der Waals surface area contributed by atoms with Gasteiger partial charge in [0.2, 0.25) is 10.0 Å². The molecule has 0 radical (unpaired) electrons. The van der Waals surface area contributed by atoms with Crippen LogP contribution in [-0.4, -0.2) is 37.7 Å². The Morgan fingerprint density at radius 1 is 1.00 bits per heavy atom. The molecule has 0 aliphatic rings. The number of hydrogen-bond acceptors (Lipinski definition) is 4. The molecular formula is C21H20ClN3O3S. The molecule has 0 aliphatic heterocycles. The van der Waals surface area contributed by atoms with Crippen molar-refractivity contribution in [2.24, 2.45) is 0 Å². The molecule has 0 aliphatic carbocycles. The van der Waals surface area contributed by atoms with Crippen molar-refractivity contribution in [1.29, 1.82) is 0 Å². The van der Waals surface area contributed by atoms with Crippen LogP contribution in [-0.2, 0) is 10.0 Å². The van der Waals surface area contributed by atoms with Gasteiger partial charge in [0.1, 0.15) is 0 Å². The molecule has 1 aromatic heterocycles. The molecule has 1 amide bonds. The summed E-state index contributed by atoms with van der Waals surface area (Å²) >= 11 is 6.22. The van der Waals surface area contributed by atoms with Gasteiger partial charge in [-0.15, -0.1) is 0 Å². The SMILES string of the molecule is CN(C)S(=O)(=O)c1ccc(Cl)c(C(=O)N[C@@H](c2ccccc2)c2ccncc2)c1. The van der Waals surface area contributed by atoms with E-state index in [0.29, 0.717) is 0 Å². The number of rotatable bonds is 6. The van der Waals surface area contributed by atoms with Gasteiger partial charge in [-0.25, -0.2) is 12.7 Å². The van der Waals surface area contributed by atoms with Crippen molar-refractivity contribution < 1.29 is 13.2 Å². The second-order valence-corrected chi connectivity index (χ2v) is 9.09. The Hall–Kier alpha value is -2.74. The number of carbonyl (C=O) groups is 1. The quantitative estimate of drug-likeness (QED) is 0.650. The van der Waals surface area contributed by atoms with E-state index in [0.717, 1.165) is 15.4 Å². The van der Waals surface area contributed by atoms with Crippen molar-refractivity contribution in [1.82, 2.24) is 14.6 Å². The lowest BCUT2D eigenvalue weighted by Crippen LogP contribution is -2.30. The average molecular weight is 430 g/mol. The van der Waals surface area contributed by atoms with E-state index in [4.69, 9.17) is 11.6 Å². The fraction of sp³-hybridized carbons (Fsp3) is 0.143. The lowest BCUT2D eigenvalue weighted by molar-refractivity contribution is 0.0943. The average Bonchev–Trinajstić information content (AvgIpc) is 2.73. The van der Waals surface area contributed by atoms with Gasteiger partial charge in [-0.1, -0.05) is 41.9 Å². The Labute approximate surface area is 175 Å². The summed E-state index contributed by atoms with van der Waals surface area (Å²) in [6.07, 6.45) is 3.30. The maximum atomic E-state index is 13.1. The highest BCUT2D eigenvalue weighted by Crippen LogP contribution is 2.25. The van der Waals surface area contributed by atoms with E-state index in [1.54, 1.807) is 12.4 Å². The third-order valence-electron chi connectivity index (χ3n) is 4.41. The molecule has 0 unspecified atom stereocenters. The summed E-state index contributed by atoms with van der Waals surface area (Å²) in [6.45, 7) is 0. The minimum Gasteiger partial charge on any atom is -0.341 e. The van der Waals surface area contributed by atoms with Gasteiger partial charge in [0.25, 0.3) is 5.91 Å². The van der Waals surface area contributed by atoms with Crippen molar-refractivity contribution in [3.05, 3.63) is 94.8 Å². The molecule has 2 aromatic carbocycles. The fourth-order valence-electron chi connectivity index (χ4n) is 2.82. The summed E-state index contributed by atoms with van der Waals surface area (Å²) in [5.74, 6) is -0.475. The molecule has 150 valence electrons. The fourth-order valence-corrected chi connectivity index (χ4v) is 3.95. The molecule has 3 aromatic rings. The molecule has 6 nitrogen and oxygen atoms in total. The van der Waals surface area contributed by atoms with E-state index in [2.05, 4.69) is 10.3 Å². The first kappa shape index (κ1) is 21.0. The second kappa shape index (κ2) is 8.73. The zero-order chi connectivity index (χ0) is 21.0. The van der Waals surface area contributed by atoms with Gasteiger partial charge in [-0.05, 0) is 41.5 Å². The number of carbonyl (C=O) groups excluding carboxylic acids is 1. The minimum atomic E-state index is -3.70. The van der Waals surface area contributed by atoms with Crippen LogP contribution in [0.1, 0.15) is 27.5 Å². The van der Waals surface area contributed by atoms with Gasteiger partial charge < -0.3 is 5.32 Å². The summed E-state index contributed by atoms with van der Waals surface area (Å²) in [4.78, 5) is 17.1. The summed E-state index contributed by atoms with van der Waals surface area (Å²) < 4.78 is 25.9. The standard InChI is InChI=1S/C21H20ClN3O3S/c1-25(2)29(27,28)17-8-9-19(22)18(14-17)21(26)24-20(15-6-4-3-5-7-15)16-10-12-23-13-11-16/h3-14,20H,1-2H3,(H,24,26)/t20-/m0/s1. The summed E-state index contributed by atoms with van der Waals surface area (Å²) in [7, 11) is -0.838. The summed E-state index contributed by atoms with van der Waals surface area (Å²) in [6, 6.07) is 16.7. The van der Waals surface area contributed by atoms with Gasteiger partial charge in [-0.3, -0.25) is 9.78 Å². The van der Waals surface area contributed by atoms with Crippen LogP contribution in [0.2, 0.25) is 5.02 Å². The number of benzene rings is 2. The van der Waals surface area contributed by atoms with Crippen molar-refractivity contribution in [3.63, 3.8) is 0 Å². The van der Waals surface area contributed by atoms with E-state index in [-0.39, 0.29) is 15.5 Å². The van der Waals surface area contributed by atoms with Crippen molar-refractivity contribution in [2.75, 3.05) is 14.1 Å². The highest BCUT2D eigenvalue weighted by atomic mass is 35.5. The zero-order valence-corrected chi connectivity index (χ0v) is 17.5. The predicted octanol–water partition coefficient (Wildman–Crippen LogP) is 3.50. The number of halogens is 1. The lowest BCUT2D eigenvalue weighted by Gasteiger charge is -2.20. The molecule has 0 spiro atoms. The predicted molar refractivity (Wildman–Crippen MR) is 112 cm³/mol. The van der Waals surface area contributed by atoms with E-state index in [9.17, 15) is 13.2 Å². The molecule has 29 heavy (non-hydrogen) atoms. The monoisotopic (exact) mass is 429 g/mol. The number of pyridine rings is 1. The van der Waals surface area contributed by atoms with E-state index < -0.39 is 22.0 Å². The first-order valence-corrected chi connectivity index (χ1v) is 10.6. The Bertz CT molecular complexity index is 1070. The smallest absolute Gasteiger partial charge is 0.253 e. The van der Waals surface area contributed by atoms with Gasteiger partial charge in [0, 0.05) is 26.5 Å². The van der Waals surface area contributed by atoms with Crippen LogP contribution in [0.3, 0.4) is 0 Å². The first-order chi connectivity index (χ1) is 13.8. The largest absolute Gasteiger partial charge is 0.341 e. The van der Waals surface area contributed by atoms with Crippen LogP contribution in [0.5, 0.6) is 0 Å². The van der Waals surface area contributed by atoms with Crippen LogP contribution in [0.4, 0.5) is 0 Å². The molecule has 1 atom stereocenters. The number of hydrogen-bond donors (Lipinski definition) is 1. The number of sulfonamides is 1. The van der Waals surface area contributed by atoms with E-state index in [1.165, 1.54) is 32.3 Å². The molecule has 8 heteroatoms. The number of nitrogens with zero attached hydrogens (tertiary/aromatic N) is 2. The number of nitrogens with one attached hydrogen (secondary N) is 1. The molecule has 3 rings (SSSR count). The molecule has 0 bridgehead atoms. The highest BCUT2D eigenvalue weighted by molar-refractivity contribution is 7.89. The minimum absolute atomic E-state index is 0.00257. The van der Waals surface area contributed by atoms with Crippen LogP contribution >= 0.6 is 11.6 Å². The van der Waals surface area contributed by atoms with Crippen LogP contribution in [0.15, 0.2) is 78.0 Å². The van der Waals surface area contributed by atoms with Gasteiger partial charge in [0.05, 0.1) is 21.5 Å². The van der Waals surface area contributed by atoms with Gasteiger partial charge in [-0.2, -0.15) is 0 Å². The third kappa shape index (κ3) is 4.64. The number of amides is 1. The third-order valence-corrected chi connectivity index (χ3v) is 6.55. The van der Waals surface area contributed by atoms with Crippen molar-refractivity contribution >= 4 is 27.5 Å². The molecule has 1 heterocycles. The Morgan fingerprint density at radius 2 is 1.62 bits per heavy atom. The van der Waals surface area contributed by atoms with Crippen LogP contribution in [0, 0.1) is 0 Å². The Morgan fingerprint density at radius 3 is 2.24 bits per heavy atom. The topological polar surface area (TPSA) is 79.4 Å². The highest BCUT2D eigenvalue weighted by Gasteiger charge is 2.23. The first-order valence-electron chi connectivity index (χ1n) is 8.78. The molecule has 0 saturated carbocycles. The summed E-state index contributed by atoms with van der Waals surface area (Å²) in [5, 5.41) is 3.12.